The predicted octanol–water partition coefficient (Wildman–Crippen LogP) is 6.94. The molecule has 4 rings (SSSR count). The molecule has 6 nitrogen and oxygen atoms in total. The smallest absolute Gasteiger partial charge is 0.320 e. The predicted molar refractivity (Wildman–Crippen MR) is 138 cm³/mol. The van der Waals surface area contributed by atoms with Crippen molar-refractivity contribution in [3.8, 4) is 0 Å². The van der Waals surface area contributed by atoms with Gasteiger partial charge >= 0.3 is 6.03 Å². The van der Waals surface area contributed by atoms with E-state index < -0.39 is 0 Å². The number of para-hydroxylation sites is 1. The number of hydrogen-bond donors (Lipinski definition) is 2. The highest BCUT2D eigenvalue weighted by Crippen LogP contribution is 2.36. The molecule has 2 heterocycles. The molecule has 1 fully saturated rings. The number of nitrogens with zero attached hydrogens (tertiary/aromatic N) is 2. The van der Waals surface area contributed by atoms with Crippen LogP contribution in [0, 0.1) is 5.92 Å². The Morgan fingerprint density at radius 2 is 1.76 bits per heavy atom. The van der Waals surface area contributed by atoms with Crippen molar-refractivity contribution in [2.45, 2.75) is 78.0 Å². The molecule has 1 aliphatic rings. The summed E-state index contributed by atoms with van der Waals surface area (Å²) >= 11 is 0. The van der Waals surface area contributed by atoms with Gasteiger partial charge in [0, 0.05) is 36.1 Å². The van der Waals surface area contributed by atoms with Gasteiger partial charge in [-0.15, -0.1) is 0 Å². The molecule has 0 radical (unpaired) electrons. The van der Waals surface area contributed by atoms with Gasteiger partial charge in [-0.2, -0.15) is 0 Å². The van der Waals surface area contributed by atoms with E-state index in [-0.39, 0.29) is 12.2 Å². The number of aromatic nitrogens is 2. The largest absolute Gasteiger partial charge is 0.380 e. The van der Waals surface area contributed by atoms with Gasteiger partial charge in [0.25, 0.3) is 0 Å². The van der Waals surface area contributed by atoms with Crippen LogP contribution in [0.25, 0.3) is 11.0 Å². The first-order chi connectivity index (χ1) is 16.4. The van der Waals surface area contributed by atoms with Crippen molar-refractivity contribution < 1.29 is 9.53 Å². The van der Waals surface area contributed by atoms with Crippen molar-refractivity contribution in [3.63, 3.8) is 0 Å². The van der Waals surface area contributed by atoms with Crippen molar-refractivity contribution in [2.24, 2.45) is 5.92 Å². The van der Waals surface area contributed by atoms with Gasteiger partial charge < -0.3 is 19.9 Å². The summed E-state index contributed by atoms with van der Waals surface area (Å²) in [6.45, 7) is 9.17. The lowest BCUT2D eigenvalue weighted by molar-refractivity contribution is 0.185. The van der Waals surface area contributed by atoms with Crippen molar-refractivity contribution in [1.29, 1.82) is 0 Å². The minimum Gasteiger partial charge on any atom is -0.380 e. The zero-order valence-electron chi connectivity index (χ0n) is 21.1. The Bertz CT molecular complexity index is 1100. The van der Waals surface area contributed by atoms with Gasteiger partial charge in [-0.25, -0.2) is 9.78 Å². The average molecular weight is 463 g/mol. The van der Waals surface area contributed by atoms with Gasteiger partial charge in [0.15, 0.2) is 0 Å². The third-order valence-electron chi connectivity index (χ3n) is 7.01. The number of pyridine rings is 1. The van der Waals surface area contributed by atoms with Crippen LogP contribution >= 0.6 is 0 Å². The number of amides is 2. The number of hydrogen-bond acceptors (Lipinski definition) is 3. The van der Waals surface area contributed by atoms with E-state index in [0.717, 1.165) is 46.3 Å². The summed E-state index contributed by atoms with van der Waals surface area (Å²) < 4.78 is 7.59. The Morgan fingerprint density at radius 1 is 1.09 bits per heavy atom. The van der Waals surface area contributed by atoms with Crippen molar-refractivity contribution in [1.82, 2.24) is 14.9 Å². The van der Waals surface area contributed by atoms with E-state index in [1.54, 1.807) is 7.11 Å². The van der Waals surface area contributed by atoms with E-state index >= 15 is 0 Å². The molecular weight excluding hydrogens is 424 g/mol. The SMILES string of the molecule is COCc1cn(C(NC(=O)Nc2c(C(C)C)cccc2C(C)C)C2CCCC2)c2ncccc12. The highest BCUT2D eigenvalue weighted by atomic mass is 16.5. The molecule has 0 saturated heterocycles. The van der Waals surface area contributed by atoms with Gasteiger partial charge in [0.05, 0.1) is 6.61 Å². The van der Waals surface area contributed by atoms with Gasteiger partial charge in [-0.1, -0.05) is 58.7 Å². The highest BCUT2D eigenvalue weighted by Gasteiger charge is 2.30. The molecule has 0 bridgehead atoms. The number of carbonyl (C=O) groups is 1. The van der Waals surface area contributed by atoms with Crippen molar-refractivity contribution in [3.05, 3.63) is 59.4 Å². The van der Waals surface area contributed by atoms with E-state index in [0.29, 0.717) is 24.4 Å². The number of carbonyl (C=O) groups excluding carboxylic acids is 1. The zero-order chi connectivity index (χ0) is 24.2. The zero-order valence-corrected chi connectivity index (χ0v) is 21.1. The molecule has 1 aromatic carbocycles. The number of nitrogens with one attached hydrogen (secondary N) is 2. The topological polar surface area (TPSA) is 68.2 Å². The molecule has 1 atom stereocenters. The normalized spacial score (nSPS) is 15.4. The fourth-order valence-electron chi connectivity index (χ4n) is 5.30. The molecule has 0 spiro atoms. The second kappa shape index (κ2) is 10.6. The maximum absolute atomic E-state index is 13.5. The summed E-state index contributed by atoms with van der Waals surface area (Å²) in [4.78, 5) is 18.2. The molecule has 34 heavy (non-hydrogen) atoms. The summed E-state index contributed by atoms with van der Waals surface area (Å²) in [5.41, 5.74) is 5.23. The van der Waals surface area contributed by atoms with Gasteiger partial charge in [-0.3, -0.25) is 0 Å². The molecule has 3 aromatic rings. The van der Waals surface area contributed by atoms with E-state index in [1.165, 1.54) is 12.8 Å². The van der Waals surface area contributed by atoms with Gasteiger partial charge in [0.1, 0.15) is 11.8 Å². The lowest BCUT2D eigenvalue weighted by Crippen LogP contribution is -2.39. The lowest BCUT2D eigenvalue weighted by atomic mass is 9.93. The molecule has 6 heteroatoms. The Labute approximate surface area is 203 Å². The molecule has 1 saturated carbocycles. The van der Waals surface area contributed by atoms with E-state index in [2.05, 4.69) is 78.3 Å². The summed E-state index contributed by atoms with van der Waals surface area (Å²) in [7, 11) is 1.71. The van der Waals surface area contributed by atoms with Crippen LogP contribution in [0.4, 0.5) is 10.5 Å². The fraction of sp³-hybridized carbons (Fsp3) is 0.500. The molecule has 2 aromatic heterocycles. The van der Waals surface area contributed by atoms with Crippen LogP contribution in [0.2, 0.25) is 0 Å². The Hall–Kier alpha value is -2.86. The molecule has 2 amide bonds. The maximum Gasteiger partial charge on any atom is 0.320 e. The third-order valence-corrected chi connectivity index (χ3v) is 7.01. The van der Waals surface area contributed by atoms with Crippen LogP contribution in [0.3, 0.4) is 0 Å². The van der Waals surface area contributed by atoms with Crippen LogP contribution in [-0.2, 0) is 11.3 Å². The Balaban J connectivity index is 1.68. The lowest BCUT2D eigenvalue weighted by Gasteiger charge is -2.28. The third kappa shape index (κ3) is 4.97. The summed E-state index contributed by atoms with van der Waals surface area (Å²) in [6.07, 6.45) is 8.32. The second-order valence-corrected chi connectivity index (χ2v) is 10.1. The first-order valence-electron chi connectivity index (χ1n) is 12.5. The first-order valence-corrected chi connectivity index (χ1v) is 12.5. The first kappa shape index (κ1) is 24.3. The summed E-state index contributed by atoms with van der Waals surface area (Å²) in [5, 5.41) is 7.64. The van der Waals surface area contributed by atoms with Crippen LogP contribution in [0.1, 0.15) is 88.1 Å². The molecule has 2 N–H and O–H groups in total. The van der Waals surface area contributed by atoms with E-state index in [4.69, 9.17) is 4.74 Å². The standard InChI is InChI=1S/C28H38N4O2/c1-18(2)22-12-8-13-23(19(3)4)25(22)30-28(33)31-26(20-10-6-7-11-20)32-16-21(17-34-5)24-14-9-15-29-27(24)32/h8-9,12-16,18-20,26H,6-7,10-11,17H2,1-5H3,(H2,30,31,33). The number of methoxy groups -OCH3 is 1. The minimum absolute atomic E-state index is 0.167. The highest BCUT2D eigenvalue weighted by molar-refractivity contribution is 5.91. The molecular formula is C28H38N4O2. The fourth-order valence-corrected chi connectivity index (χ4v) is 5.30. The Morgan fingerprint density at radius 3 is 2.38 bits per heavy atom. The number of urea groups is 1. The molecule has 1 aliphatic carbocycles. The van der Waals surface area contributed by atoms with E-state index in [9.17, 15) is 4.79 Å². The van der Waals surface area contributed by atoms with Crippen LogP contribution in [-0.4, -0.2) is 22.7 Å². The second-order valence-electron chi connectivity index (χ2n) is 10.1. The quantitative estimate of drug-likeness (QED) is 0.381. The van der Waals surface area contributed by atoms with Crippen LogP contribution in [0.15, 0.2) is 42.7 Å². The molecule has 182 valence electrons. The van der Waals surface area contributed by atoms with Crippen LogP contribution < -0.4 is 10.6 Å². The number of fused-ring (bicyclic) bond motifs is 1. The van der Waals surface area contributed by atoms with Crippen molar-refractivity contribution >= 4 is 22.8 Å². The van der Waals surface area contributed by atoms with Gasteiger partial charge in [0.2, 0.25) is 0 Å². The minimum atomic E-state index is -0.169. The average Bonchev–Trinajstić information content (AvgIpc) is 3.47. The Kier molecular flexibility index (Phi) is 7.57. The molecule has 0 aliphatic heterocycles. The number of ether oxygens (including phenoxy) is 1. The number of benzene rings is 1. The van der Waals surface area contributed by atoms with Gasteiger partial charge in [-0.05, 0) is 53.9 Å². The number of anilines is 1. The van der Waals surface area contributed by atoms with Crippen molar-refractivity contribution in [2.75, 3.05) is 12.4 Å². The maximum atomic E-state index is 13.5. The molecule has 1 unspecified atom stereocenters. The summed E-state index contributed by atoms with van der Waals surface area (Å²) in [6, 6.07) is 10.2. The monoisotopic (exact) mass is 462 g/mol. The van der Waals surface area contributed by atoms with Crippen LogP contribution in [0.5, 0.6) is 0 Å². The van der Waals surface area contributed by atoms with E-state index in [1.807, 2.05) is 12.3 Å². The summed E-state index contributed by atoms with van der Waals surface area (Å²) in [5.74, 6) is 0.992. The number of rotatable bonds is 8.